The number of nitrogens with zero attached hydrogens (tertiary/aromatic N) is 1. The number of nitrogens with one attached hydrogen (secondary N) is 3. The van der Waals surface area contributed by atoms with E-state index >= 15 is 0 Å². The first-order chi connectivity index (χ1) is 18.2. The van der Waals surface area contributed by atoms with Crippen LogP contribution in [0.3, 0.4) is 0 Å². The third-order valence-electron chi connectivity index (χ3n) is 6.81. The van der Waals surface area contributed by atoms with Gasteiger partial charge >= 0.3 is 0 Å². The van der Waals surface area contributed by atoms with E-state index in [0.717, 1.165) is 24.6 Å². The van der Waals surface area contributed by atoms with Gasteiger partial charge < -0.3 is 16.0 Å². The summed E-state index contributed by atoms with van der Waals surface area (Å²) in [5.41, 5.74) is 0.626. The van der Waals surface area contributed by atoms with Gasteiger partial charge in [-0.1, -0.05) is 50.6 Å². The molecule has 2 aliphatic rings. The summed E-state index contributed by atoms with van der Waals surface area (Å²) in [5.74, 6) is -0.631. The average Bonchev–Trinajstić information content (AvgIpc) is 3.28. The summed E-state index contributed by atoms with van der Waals surface area (Å²) in [6.45, 7) is 6.36. The molecule has 2 heterocycles. The van der Waals surface area contributed by atoms with E-state index in [1.54, 1.807) is 30.3 Å². The molecule has 2 saturated heterocycles. The molecule has 3 unspecified atom stereocenters. The number of likely N-dealkylation sites (tertiary alicyclic amines) is 1. The number of carbonyl (C=O) groups excluding carboxylic acids is 5. The van der Waals surface area contributed by atoms with Crippen LogP contribution >= 0.6 is 23.5 Å². The number of thioether (sulfide) groups is 2. The van der Waals surface area contributed by atoms with Crippen LogP contribution in [0.1, 0.15) is 58.1 Å². The van der Waals surface area contributed by atoms with Gasteiger partial charge in [0.1, 0.15) is 6.04 Å². The Morgan fingerprint density at radius 2 is 1.74 bits per heavy atom. The van der Waals surface area contributed by atoms with Crippen molar-refractivity contribution in [3.63, 3.8) is 0 Å². The highest BCUT2D eigenvalue weighted by Gasteiger charge is 2.48. The number of hydrogen-bond acceptors (Lipinski definition) is 8. The van der Waals surface area contributed by atoms with E-state index in [0.29, 0.717) is 24.8 Å². The minimum Gasteiger partial charge on any atom is -0.344 e. The molecule has 0 aromatic heterocycles. The molecule has 2 aliphatic heterocycles. The molecule has 3 atom stereocenters. The molecule has 3 rings (SSSR count). The fourth-order valence-corrected chi connectivity index (χ4v) is 8.24. The van der Waals surface area contributed by atoms with E-state index < -0.39 is 36.2 Å². The predicted octanol–water partition coefficient (Wildman–Crippen LogP) is 2.06. The Hall–Kier alpha value is -2.37. The molecule has 208 valence electrons. The maximum absolute atomic E-state index is 13.3. The Bertz CT molecular complexity index is 1020. The quantitative estimate of drug-likeness (QED) is 0.331. The summed E-state index contributed by atoms with van der Waals surface area (Å²) in [7, 11) is 0. The lowest BCUT2D eigenvalue weighted by molar-refractivity contribution is -0.141. The van der Waals surface area contributed by atoms with Crippen molar-refractivity contribution in [3.8, 4) is 0 Å². The second-order valence-electron chi connectivity index (χ2n) is 9.66. The van der Waals surface area contributed by atoms with Crippen LogP contribution in [-0.2, 0) is 24.0 Å². The number of rotatable bonds is 12. The number of hydrogen-bond donors (Lipinski definition) is 3. The molecule has 0 radical (unpaired) electrons. The summed E-state index contributed by atoms with van der Waals surface area (Å²) >= 11 is 3.84. The van der Waals surface area contributed by atoms with E-state index in [1.807, 2.05) is 37.4 Å². The number of carbonyl (C=O) groups is 5. The number of likely N-dealkylation sites (N-methyl/N-ethyl adjacent to an activating group) is 1. The fraction of sp³-hybridized carbons (Fsp3) is 0.593. The van der Waals surface area contributed by atoms with Crippen LogP contribution in [0.25, 0.3) is 0 Å². The van der Waals surface area contributed by atoms with Crippen molar-refractivity contribution >= 4 is 52.8 Å². The van der Waals surface area contributed by atoms with E-state index in [4.69, 9.17) is 0 Å². The third-order valence-corrected chi connectivity index (χ3v) is 10.1. The predicted molar refractivity (Wildman–Crippen MR) is 151 cm³/mol. The fourth-order valence-electron chi connectivity index (χ4n) is 4.83. The van der Waals surface area contributed by atoms with Gasteiger partial charge in [-0.15, -0.1) is 23.5 Å². The van der Waals surface area contributed by atoms with Crippen molar-refractivity contribution in [2.45, 2.75) is 68.7 Å². The Morgan fingerprint density at radius 3 is 2.34 bits per heavy atom. The lowest BCUT2D eigenvalue weighted by atomic mass is 10.0. The van der Waals surface area contributed by atoms with Crippen LogP contribution < -0.4 is 16.0 Å². The summed E-state index contributed by atoms with van der Waals surface area (Å²) in [6.07, 6.45) is 2.79. The van der Waals surface area contributed by atoms with Crippen LogP contribution in [0.15, 0.2) is 30.3 Å². The van der Waals surface area contributed by atoms with Crippen LogP contribution in [0.2, 0.25) is 0 Å². The van der Waals surface area contributed by atoms with Gasteiger partial charge in [0.15, 0.2) is 5.78 Å². The van der Waals surface area contributed by atoms with Gasteiger partial charge in [-0.05, 0) is 49.8 Å². The van der Waals surface area contributed by atoms with Gasteiger partial charge in [-0.25, -0.2) is 0 Å². The second-order valence-corrected chi connectivity index (χ2v) is 12.9. The van der Waals surface area contributed by atoms with E-state index in [2.05, 4.69) is 20.9 Å². The zero-order chi connectivity index (χ0) is 27.7. The highest BCUT2D eigenvalue weighted by Crippen LogP contribution is 2.50. The summed E-state index contributed by atoms with van der Waals surface area (Å²) in [4.78, 5) is 65.5. The van der Waals surface area contributed by atoms with Crippen molar-refractivity contribution < 1.29 is 24.0 Å². The van der Waals surface area contributed by atoms with Gasteiger partial charge in [-0.3, -0.25) is 28.9 Å². The molecule has 3 amide bonds. The molecule has 0 aliphatic carbocycles. The number of Topliss-reactive ketones (excluding diaryl/α,β-unsaturated/α-hetero) is 2. The molecule has 3 N–H and O–H groups in total. The maximum Gasteiger partial charge on any atom is 0.290 e. The first kappa shape index (κ1) is 30.2. The zero-order valence-electron chi connectivity index (χ0n) is 22.3. The Labute approximate surface area is 233 Å². The van der Waals surface area contributed by atoms with Crippen molar-refractivity contribution in [1.82, 2.24) is 20.9 Å². The largest absolute Gasteiger partial charge is 0.344 e. The molecule has 0 bridgehead atoms. The number of ketones is 2. The van der Waals surface area contributed by atoms with Gasteiger partial charge in [0.25, 0.3) is 5.91 Å². The number of benzene rings is 1. The topological polar surface area (TPSA) is 125 Å². The van der Waals surface area contributed by atoms with E-state index in [1.165, 1.54) is 13.3 Å². The Balaban J connectivity index is 1.56. The highest BCUT2D eigenvalue weighted by atomic mass is 32.2. The molecular formula is C27H38N4O5S2. The van der Waals surface area contributed by atoms with Crippen LogP contribution in [-0.4, -0.2) is 81.5 Å². The molecule has 11 heteroatoms. The zero-order valence-corrected chi connectivity index (χ0v) is 23.9. The molecule has 9 nitrogen and oxygen atoms in total. The lowest BCUT2D eigenvalue weighted by Crippen LogP contribution is -2.53. The minimum absolute atomic E-state index is 0.00272. The van der Waals surface area contributed by atoms with Crippen molar-refractivity contribution in [2.75, 3.05) is 31.1 Å². The highest BCUT2D eigenvalue weighted by molar-refractivity contribution is 8.18. The van der Waals surface area contributed by atoms with Crippen LogP contribution in [0.5, 0.6) is 0 Å². The first-order valence-electron chi connectivity index (χ1n) is 13.2. The Kier molecular flexibility index (Phi) is 11.2. The van der Waals surface area contributed by atoms with Crippen LogP contribution in [0.4, 0.5) is 0 Å². The summed E-state index contributed by atoms with van der Waals surface area (Å²) < 4.78 is 0.00272. The van der Waals surface area contributed by atoms with E-state index in [9.17, 15) is 24.0 Å². The van der Waals surface area contributed by atoms with Gasteiger partial charge in [-0.2, -0.15) is 0 Å². The van der Waals surface area contributed by atoms with Gasteiger partial charge in [0.2, 0.25) is 17.6 Å². The normalized spacial score (nSPS) is 20.3. The van der Waals surface area contributed by atoms with Crippen molar-refractivity contribution in [3.05, 3.63) is 35.9 Å². The molecule has 38 heavy (non-hydrogen) atoms. The maximum atomic E-state index is 13.3. The minimum atomic E-state index is -0.966. The standard InChI is InChI=1S/C27H38N4O5S2/c1-4-10-20(29-25(35)21-15-27(17-31(21)5-2)37-13-9-14-38-27)24(34)26(36)28-16-22(33)30-23(18(3)32)19-11-7-6-8-12-19/h6-8,11-12,20-21,23H,4-5,9-10,13-17H2,1-3H3,(H,28,36)(H,29,35)(H,30,33). The molecular weight excluding hydrogens is 524 g/mol. The molecule has 2 fully saturated rings. The van der Waals surface area contributed by atoms with Crippen LogP contribution in [0, 0.1) is 0 Å². The lowest BCUT2D eigenvalue weighted by Gasteiger charge is -2.31. The van der Waals surface area contributed by atoms with Crippen molar-refractivity contribution in [1.29, 1.82) is 0 Å². The van der Waals surface area contributed by atoms with Crippen molar-refractivity contribution in [2.24, 2.45) is 0 Å². The Morgan fingerprint density at radius 1 is 1.05 bits per heavy atom. The smallest absolute Gasteiger partial charge is 0.290 e. The third kappa shape index (κ3) is 7.83. The monoisotopic (exact) mass is 562 g/mol. The SMILES string of the molecule is CCCC(NC(=O)C1CC2(CN1CC)SCCCS2)C(=O)C(=O)NCC(=O)NC(C(C)=O)c1ccccc1. The molecule has 1 spiro atoms. The van der Waals surface area contributed by atoms with Gasteiger partial charge in [0, 0.05) is 6.54 Å². The first-order valence-corrected chi connectivity index (χ1v) is 15.2. The summed E-state index contributed by atoms with van der Waals surface area (Å²) in [5, 5.41) is 7.77. The van der Waals surface area contributed by atoms with Gasteiger partial charge in [0.05, 0.1) is 22.7 Å². The molecule has 0 saturated carbocycles. The molecule has 1 aromatic carbocycles. The average molecular weight is 563 g/mol. The number of amides is 3. The summed E-state index contributed by atoms with van der Waals surface area (Å²) in [6, 6.07) is 6.62. The second kappa shape index (κ2) is 14.1. The molecule has 1 aromatic rings. The van der Waals surface area contributed by atoms with E-state index in [-0.39, 0.29) is 21.8 Å².